The van der Waals surface area contributed by atoms with Gasteiger partial charge in [-0.15, -0.1) is 0 Å². The third-order valence-corrected chi connectivity index (χ3v) is 8.20. The normalized spacial score (nSPS) is 19.3. The van der Waals surface area contributed by atoms with Crippen LogP contribution in [-0.2, 0) is 25.6 Å². The molecule has 3 aromatic heterocycles. The number of nitrogens with one attached hydrogen (secondary N) is 2. The second-order valence-corrected chi connectivity index (χ2v) is 11.4. The van der Waals surface area contributed by atoms with Crippen molar-refractivity contribution in [3.05, 3.63) is 63.6 Å². The average molecular weight is 609 g/mol. The highest BCUT2D eigenvalue weighted by Gasteiger charge is 2.31. The summed E-state index contributed by atoms with van der Waals surface area (Å²) in [6.07, 6.45) is 5.41. The summed E-state index contributed by atoms with van der Waals surface area (Å²) in [7, 11) is 0. The molecule has 0 atom stereocenters. The van der Waals surface area contributed by atoms with Crippen LogP contribution in [0.4, 0.5) is 15.5 Å². The first-order valence-corrected chi connectivity index (χ1v) is 15.0. The van der Waals surface area contributed by atoms with Crippen LogP contribution in [0.2, 0.25) is 0 Å². The minimum atomic E-state index is -0.577. The fourth-order valence-electron chi connectivity index (χ4n) is 4.69. The molecule has 0 unspecified atom stereocenters. The lowest BCUT2D eigenvalue weighted by Gasteiger charge is -2.36. The van der Waals surface area contributed by atoms with Crippen molar-refractivity contribution in [2.75, 3.05) is 12.1 Å². The Morgan fingerprint density at radius 3 is 2.67 bits per heavy atom. The predicted molar refractivity (Wildman–Crippen MR) is 157 cm³/mol. The molecule has 0 aromatic carbocycles. The quantitative estimate of drug-likeness (QED) is 0.196. The Morgan fingerprint density at radius 1 is 1.12 bits per heavy atom. The van der Waals surface area contributed by atoms with Gasteiger partial charge >= 0.3 is 12.1 Å². The number of esters is 1. The molecule has 14 heteroatoms. The fourth-order valence-corrected chi connectivity index (χ4v) is 6.01. The molecule has 2 fully saturated rings. The van der Waals surface area contributed by atoms with E-state index < -0.39 is 30.0 Å². The lowest BCUT2D eigenvalue weighted by atomic mass is 9.90. The largest absolute Gasteiger partial charge is 0.428 e. The van der Waals surface area contributed by atoms with Gasteiger partial charge in [0.05, 0.1) is 28.5 Å². The number of aromatic nitrogens is 3. The van der Waals surface area contributed by atoms with Crippen LogP contribution in [0, 0.1) is 0 Å². The number of pyridine rings is 1. The van der Waals surface area contributed by atoms with E-state index in [4.69, 9.17) is 14.5 Å². The maximum atomic E-state index is 13.1. The van der Waals surface area contributed by atoms with Gasteiger partial charge in [0, 0.05) is 36.1 Å². The molecule has 5 rings (SSSR count). The summed E-state index contributed by atoms with van der Waals surface area (Å²) in [6, 6.07) is 9.32. The second-order valence-electron chi connectivity index (χ2n) is 9.63. The Kier molecular flexibility index (Phi) is 9.44. The first-order valence-electron chi connectivity index (χ1n) is 13.2. The first kappa shape index (κ1) is 29.2. The van der Waals surface area contributed by atoms with Gasteiger partial charge in [0.2, 0.25) is 12.7 Å². The smallest absolute Gasteiger partial charge is 0.413 e. The van der Waals surface area contributed by atoms with Crippen LogP contribution in [0.1, 0.15) is 44.0 Å². The van der Waals surface area contributed by atoms with Crippen LogP contribution in [0.25, 0.3) is 17.3 Å². The molecule has 0 radical (unpaired) electrons. The standard InChI is InChI=1S/C28H28N6O6S2/c1-17(35)39-16-40-28(38)34(14-21-3-2-4-23(30-21)18-10-12-41-15-18)22-7-5-19(6-8-22)31-26-29-11-9-20(32-26)13-24-25(36)33-27(37)42-24/h2-4,9-13,15,19,22H,5-8,14,16H2,1H3,(H,29,31,32)(H,33,36,37)/t19-,22-. The van der Waals surface area contributed by atoms with E-state index in [0.717, 1.165) is 41.6 Å². The van der Waals surface area contributed by atoms with Crippen molar-refractivity contribution < 1.29 is 28.7 Å². The van der Waals surface area contributed by atoms with E-state index in [0.29, 0.717) is 24.5 Å². The van der Waals surface area contributed by atoms with Crippen LogP contribution in [0.3, 0.4) is 0 Å². The number of carbonyl (C=O) groups excluding carboxylic acids is 4. The van der Waals surface area contributed by atoms with Crippen molar-refractivity contribution in [2.45, 2.75) is 51.2 Å². The number of hydrogen-bond acceptors (Lipinski definition) is 12. The van der Waals surface area contributed by atoms with E-state index >= 15 is 0 Å². The van der Waals surface area contributed by atoms with Gasteiger partial charge in [-0.25, -0.2) is 14.8 Å². The van der Waals surface area contributed by atoms with Gasteiger partial charge in [0.15, 0.2) is 0 Å². The summed E-state index contributed by atoms with van der Waals surface area (Å²) in [5.74, 6) is -0.567. The fraction of sp³-hybridized carbons (Fsp3) is 0.321. The highest BCUT2D eigenvalue weighted by molar-refractivity contribution is 8.18. The molecule has 1 aliphatic carbocycles. The van der Waals surface area contributed by atoms with Crippen LogP contribution >= 0.6 is 23.1 Å². The summed E-state index contributed by atoms with van der Waals surface area (Å²) in [6.45, 7) is 1.04. The Bertz CT molecular complexity index is 1490. The van der Waals surface area contributed by atoms with Crippen LogP contribution in [-0.4, -0.2) is 61.9 Å². The van der Waals surface area contributed by atoms with Crippen molar-refractivity contribution in [1.82, 2.24) is 25.2 Å². The third-order valence-electron chi connectivity index (χ3n) is 6.70. The van der Waals surface area contributed by atoms with Gasteiger partial charge in [0.25, 0.3) is 11.1 Å². The second kappa shape index (κ2) is 13.6. The van der Waals surface area contributed by atoms with Crippen LogP contribution in [0.5, 0.6) is 0 Å². The van der Waals surface area contributed by atoms with E-state index in [1.807, 2.05) is 35.0 Å². The van der Waals surface area contributed by atoms with Gasteiger partial charge < -0.3 is 14.8 Å². The van der Waals surface area contributed by atoms with Gasteiger partial charge in [0.1, 0.15) is 0 Å². The van der Waals surface area contributed by atoms with E-state index in [-0.39, 0.29) is 23.5 Å². The molecule has 1 saturated heterocycles. The number of amides is 3. The summed E-state index contributed by atoms with van der Waals surface area (Å²) in [5.41, 5.74) is 3.07. The molecule has 1 saturated carbocycles. The molecule has 3 aromatic rings. The Labute approximate surface area is 249 Å². The predicted octanol–water partition coefficient (Wildman–Crippen LogP) is 4.81. The molecule has 2 aliphatic rings. The maximum Gasteiger partial charge on any atom is 0.413 e. The SMILES string of the molecule is CC(=O)OCOC(=O)N(Cc1cccc(-c2ccsc2)n1)[C@H]1CC[C@H](Nc2nccc(C=C3SC(=O)NC3=O)n2)CC1. The molecule has 2 N–H and O–H groups in total. The van der Waals surface area contributed by atoms with Crippen LogP contribution < -0.4 is 10.6 Å². The van der Waals surface area contributed by atoms with Gasteiger partial charge in [-0.3, -0.25) is 29.6 Å². The van der Waals surface area contributed by atoms with Crippen molar-refractivity contribution in [3.63, 3.8) is 0 Å². The van der Waals surface area contributed by atoms with Crippen molar-refractivity contribution in [1.29, 1.82) is 0 Å². The molecular weight excluding hydrogens is 580 g/mol. The number of thiophene rings is 1. The minimum absolute atomic E-state index is 0.0637. The van der Waals surface area contributed by atoms with Crippen molar-refractivity contribution in [2.24, 2.45) is 0 Å². The lowest BCUT2D eigenvalue weighted by molar-refractivity contribution is -0.149. The van der Waals surface area contributed by atoms with E-state index in [2.05, 4.69) is 20.6 Å². The zero-order valence-corrected chi connectivity index (χ0v) is 24.3. The Balaban J connectivity index is 1.23. The number of anilines is 1. The number of rotatable bonds is 9. The highest BCUT2D eigenvalue weighted by Crippen LogP contribution is 2.28. The molecular formula is C28H28N6O6S2. The van der Waals surface area contributed by atoms with Gasteiger partial charge in [-0.1, -0.05) is 6.07 Å². The number of imide groups is 1. The zero-order valence-electron chi connectivity index (χ0n) is 22.6. The monoisotopic (exact) mass is 608 g/mol. The van der Waals surface area contributed by atoms with E-state index in [1.54, 1.807) is 34.6 Å². The molecule has 0 spiro atoms. The molecule has 12 nitrogen and oxygen atoms in total. The van der Waals surface area contributed by atoms with E-state index in [9.17, 15) is 19.2 Å². The van der Waals surface area contributed by atoms with Crippen molar-refractivity contribution in [3.8, 4) is 11.3 Å². The molecule has 3 amide bonds. The third kappa shape index (κ3) is 7.70. The molecule has 4 heterocycles. The van der Waals surface area contributed by atoms with Gasteiger partial charge in [-0.05, 0) is 73.2 Å². The average Bonchev–Trinajstić information content (AvgIpc) is 3.62. The first-order chi connectivity index (χ1) is 20.3. The zero-order chi connectivity index (χ0) is 29.5. The number of ether oxygens (including phenoxy) is 2. The number of thioether (sulfide) groups is 1. The molecule has 218 valence electrons. The lowest BCUT2D eigenvalue weighted by Crippen LogP contribution is -2.44. The molecule has 42 heavy (non-hydrogen) atoms. The summed E-state index contributed by atoms with van der Waals surface area (Å²) in [4.78, 5) is 63.0. The summed E-state index contributed by atoms with van der Waals surface area (Å²) in [5, 5.41) is 9.17. The van der Waals surface area contributed by atoms with E-state index in [1.165, 1.54) is 6.92 Å². The summed E-state index contributed by atoms with van der Waals surface area (Å²) >= 11 is 2.42. The minimum Gasteiger partial charge on any atom is -0.428 e. The number of carbonyl (C=O) groups is 4. The van der Waals surface area contributed by atoms with Crippen molar-refractivity contribution >= 4 is 58.3 Å². The Hall–Kier alpha value is -4.30. The summed E-state index contributed by atoms with van der Waals surface area (Å²) < 4.78 is 10.1. The molecule has 0 bridgehead atoms. The highest BCUT2D eigenvalue weighted by atomic mass is 32.2. The van der Waals surface area contributed by atoms with Gasteiger partial charge in [-0.2, -0.15) is 11.3 Å². The molecule has 1 aliphatic heterocycles. The number of nitrogens with zero attached hydrogens (tertiary/aromatic N) is 4. The maximum absolute atomic E-state index is 13.1. The topological polar surface area (TPSA) is 153 Å². The van der Waals surface area contributed by atoms with Crippen LogP contribution in [0.15, 0.2) is 52.2 Å². The number of hydrogen-bond donors (Lipinski definition) is 2. The Morgan fingerprint density at radius 2 is 1.95 bits per heavy atom.